The van der Waals surface area contributed by atoms with Gasteiger partial charge in [0.05, 0.1) is 11.3 Å². The standard InChI is InChI=1S/C20H22N2O5/c23-17-11-10-15(20(26)27)13-16(17)22-18(24)9-5-2-6-12-21-19(25)14-7-3-1-4-8-14/h1,3-4,7-8,10-11,13,23H,2,5-6,9,12H2,(H,21,25)(H,22,24)(H,26,27). The van der Waals surface area contributed by atoms with E-state index < -0.39 is 5.97 Å². The Morgan fingerprint density at radius 2 is 1.63 bits per heavy atom. The van der Waals surface area contributed by atoms with Crippen LogP contribution in [0.25, 0.3) is 0 Å². The van der Waals surface area contributed by atoms with E-state index in [1.54, 1.807) is 24.3 Å². The Kier molecular flexibility index (Phi) is 7.37. The number of carbonyl (C=O) groups is 3. The lowest BCUT2D eigenvalue weighted by Crippen LogP contribution is -2.24. The van der Waals surface area contributed by atoms with Crippen molar-refractivity contribution in [3.63, 3.8) is 0 Å². The minimum atomic E-state index is -1.14. The van der Waals surface area contributed by atoms with Gasteiger partial charge < -0.3 is 20.8 Å². The molecule has 0 spiro atoms. The molecule has 0 radical (unpaired) electrons. The summed E-state index contributed by atoms with van der Waals surface area (Å²) < 4.78 is 0. The van der Waals surface area contributed by atoms with Crippen molar-refractivity contribution in [2.45, 2.75) is 25.7 Å². The van der Waals surface area contributed by atoms with Crippen LogP contribution in [0, 0.1) is 0 Å². The Morgan fingerprint density at radius 1 is 0.889 bits per heavy atom. The Bertz CT molecular complexity index is 805. The summed E-state index contributed by atoms with van der Waals surface area (Å²) in [5, 5.41) is 24.0. The van der Waals surface area contributed by atoms with Crippen LogP contribution in [0.15, 0.2) is 48.5 Å². The van der Waals surface area contributed by atoms with E-state index in [4.69, 9.17) is 5.11 Å². The van der Waals surface area contributed by atoms with E-state index in [1.165, 1.54) is 18.2 Å². The van der Waals surface area contributed by atoms with E-state index in [1.807, 2.05) is 6.07 Å². The van der Waals surface area contributed by atoms with E-state index in [2.05, 4.69) is 10.6 Å². The molecule has 4 N–H and O–H groups in total. The van der Waals surface area contributed by atoms with Crippen molar-refractivity contribution >= 4 is 23.5 Å². The average Bonchev–Trinajstić information content (AvgIpc) is 2.66. The number of unbranched alkanes of at least 4 members (excludes halogenated alkanes) is 2. The molecule has 2 rings (SSSR count). The molecule has 2 aromatic rings. The zero-order valence-corrected chi connectivity index (χ0v) is 14.8. The predicted molar refractivity (Wildman–Crippen MR) is 101 cm³/mol. The third-order valence-corrected chi connectivity index (χ3v) is 3.92. The van der Waals surface area contributed by atoms with Crippen LogP contribution in [-0.2, 0) is 4.79 Å². The van der Waals surface area contributed by atoms with Gasteiger partial charge in [0.15, 0.2) is 0 Å². The molecule has 0 aliphatic heterocycles. The summed E-state index contributed by atoms with van der Waals surface area (Å²) in [6, 6.07) is 12.7. The molecule has 0 aliphatic rings. The molecule has 2 amide bonds. The number of carboxylic acids is 1. The molecule has 2 aromatic carbocycles. The van der Waals surface area contributed by atoms with Gasteiger partial charge in [-0.05, 0) is 43.2 Å². The van der Waals surface area contributed by atoms with Crippen molar-refractivity contribution in [2.75, 3.05) is 11.9 Å². The first kappa shape index (κ1) is 20.0. The maximum Gasteiger partial charge on any atom is 0.335 e. The van der Waals surface area contributed by atoms with Crippen LogP contribution in [-0.4, -0.2) is 34.5 Å². The molecule has 0 heterocycles. The Hall–Kier alpha value is -3.35. The van der Waals surface area contributed by atoms with Crippen LogP contribution >= 0.6 is 0 Å². The number of rotatable bonds is 9. The molecule has 0 saturated heterocycles. The summed E-state index contributed by atoms with van der Waals surface area (Å²) in [6.07, 6.45) is 2.35. The average molecular weight is 370 g/mol. The zero-order chi connectivity index (χ0) is 19.6. The largest absolute Gasteiger partial charge is 0.506 e. The number of carbonyl (C=O) groups excluding carboxylic acids is 2. The van der Waals surface area contributed by atoms with Gasteiger partial charge in [0.1, 0.15) is 5.75 Å². The molecule has 0 atom stereocenters. The second kappa shape index (κ2) is 9.96. The van der Waals surface area contributed by atoms with Crippen LogP contribution in [0.3, 0.4) is 0 Å². The Morgan fingerprint density at radius 3 is 2.33 bits per heavy atom. The third-order valence-electron chi connectivity index (χ3n) is 3.92. The highest BCUT2D eigenvalue weighted by atomic mass is 16.4. The topological polar surface area (TPSA) is 116 Å². The van der Waals surface area contributed by atoms with Crippen molar-refractivity contribution < 1.29 is 24.6 Å². The highest BCUT2D eigenvalue weighted by Gasteiger charge is 2.10. The lowest BCUT2D eigenvalue weighted by molar-refractivity contribution is -0.116. The lowest BCUT2D eigenvalue weighted by atomic mass is 10.1. The second-order valence-electron chi connectivity index (χ2n) is 6.02. The van der Waals surface area contributed by atoms with Crippen LogP contribution in [0.5, 0.6) is 5.75 Å². The van der Waals surface area contributed by atoms with Crippen molar-refractivity contribution in [3.8, 4) is 5.75 Å². The molecule has 0 fully saturated rings. The molecule has 0 bridgehead atoms. The minimum absolute atomic E-state index is 0.0164. The van der Waals surface area contributed by atoms with Gasteiger partial charge in [0.2, 0.25) is 5.91 Å². The number of phenols is 1. The molecular formula is C20H22N2O5. The molecule has 0 aromatic heterocycles. The summed E-state index contributed by atoms with van der Waals surface area (Å²) >= 11 is 0. The predicted octanol–water partition coefficient (Wildman–Crippen LogP) is 3.02. The number of hydrogen-bond donors (Lipinski definition) is 4. The monoisotopic (exact) mass is 370 g/mol. The molecule has 0 aliphatic carbocycles. The number of amides is 2. The van der Waals surface area contributed by atoms with E-state index in [0.29, 0.717) is 18.5 Å². The maximum atomic E-state index is 11.9. The number of aromatic hydroxyl groups is 1. The van der Waals surface area contributed by atoms with Gasteiger partial charge in [-0.1, -0.05) is 24.6 Å². The molecule has 142 valence electrons. The smallest absolute Gasteiger partial charge is 0.335 e. The fourth-order valence-corrected chi connectivity index (χ4v) is 2.46. The van der Waals surface area contributed by atoms with Crippen LogP contribution in [0.2, 0.25) is 0 Å². The highest BCUT2D eigenvalue weighted by Crippen LogP contribution is 2.24. The molecule has 0 unspecified atom stereocenters. The fraction of sp³-hybridized carbons (Fsp3) is 0.250. The van der Waals surface area contributed by atoms with Gasteiger partial charge in [0.25, 0.3) is 5.91 Å². The van der Waals surface area contributed by atoms with Crippen molar-refractivity contribution in [2.24, 2.45) is 0 Å². The zero-order valence-electron chi connectivity index (χ0n) is 14.8. The molecule has 7 nitrogen and oxygen atoms in total. The SMILES string of the molecule is O=C(CCCCCNC(=O)c1ccccc1)Nc1cc(C(=O)O)ccc1O. The van der Waals surface area contributed by atoms with Crippen LogP contribution in [0.4, 0.5) is 5.69 Å². The van der Waals surface area contributed by atoms with Crippen molar-refractivity contribution in [1.82, 2.24) is 5.32 Å². The molecule has 0 saturated carbocycles. The number of carboxylic acid groups (broad SMARTS) is 1. The first-order valence-corrected chi connectivity index (χ1v) is 8.67. The molecular weight excluding hydrogens is 348 g/mol. The fourth-order valence-electron chi connectivity index (χ4n) is 2.46. The first-order valence-electron chi connectivity index (χ1n) is 8.67. The Labute approximate surface area is 157 Å². The maximum absolute atomic E-state index is 11.9. The van der Waals surface area contributed by atoms with Crippen LogP contribution < -0.4 is 10.6 Å². The number of benzene rings is 2. The summed E-state index contributed by atoms with van der Waals surface area (Å²) in [6.45, 7) is 0.525. The minimum Gasteiger partial charge on any atom is -0.506 e. The van der Waals surface area contributed by atoms with Crippen molar-refractivity contribution in [3.05, 3.63) is 59.7 Å². The molecule has 7 heteroatoms. The lowest BCUT2D eigenvalue weighted by Gasteiger charge is -2.08. The Balaban J connectivity index is 1.66. The number of aromatic carboxylic acids is 1. The van der Waals surface area contributed by atoms with E-state index in [-0.39, 0.29) is 35.2 Å². The molecule has 27 heavy (non-hydrogen) atoms. The number of anilines is 1. The normalized spacial score (nSPS) is 10.2. The van der Waals surface area contributed by atoms with Gasteiger partial charge in [-0.25, -0.2) is 4.79 Å². The summed E-state index contributed by atoms with van der Waals surface area (Å²) in [5.74, 6) is -1.75. The first-order chi connectivity index (χ1) is 13.0. The highest BCUT2D eigenvalue weighted by molar-refractivity contribution is 5.95. The van der Waals surface area contributed by atoms with Gasteiger partial charge in [-0.3, -0.25) is 9.59 Å². The second-order valence-corrected chi connectivity index (χ2v) is 6.02. The van der Waals surface area contributed by atoms with Crippen LogP contribution in [0.1, 0.15) is 46.4 Å². The summed E-state index contributed by atoms with van der Waals surface area (Å²) in [5.41, 5.74) is 0.674. The number of nitrogens with one attached hydrogen (secondary N) is 2. The van der Waals surface area contributed by atoms with E-state index >= 15 is 0 Å². The summed E-state index contributed by atoms with van der Waals surface area (Å²) in [7, 11) is 0. The third kappa shape index (κ3) is 6.47. The quantitative estimate of drug-likeness (QED) is 0.400. The number of hydrogen-bond acceptors (Lipinski definition) is 4. The van der Waals surface area contributed by atoms with Crippen molar-refractivity contribution in [1.29, 1.82) is 0 Å². The van der Waals surface area contributed by atoms with Gasteiger partial charge in [-0.15, -0.1) is 0 Å². The van der Waals surface area contributed by atoms with Gasteiger partial charge in [0, 0.05) is 18.5 Å². The summed E-state index contributed by atoms with van der Waals surface area (Å²) in [4.78, 5) is 34.7. The van der Waals surface area contributed by atoms with E-state index in [9.17, 15) is 19.5 Å². The van der Waals surface area contributed by atoms with E-state index in [0.717, 1.165) is 12.8 Å². The number of phenolic OH excluding ortho intramolecular Hbond substituents is 1. The van der Waals surface area contributed by atoms with Gasteiger partial charge >= 0.3 is 5.97 Å². The van der Waals surface area contributed by atoms with Gasteiger partial charge in [-0.2, -0.15) is 0 Å².